The van der Waals surface area contributed by atoms with Gasteiger partial charge in [0.2, 0.25) is 0 Å². The van der Waals surface area contributed by atoms with Crippen molar-refractivity contribution in [3.05, 3.63) is 11.6 Å². The molecule has 0 atom stereocenters. The van der Waals surface area contributed by atoms with Gasteiger partial charge in [0.25, 0.3) is 0 Å². The van der Waals surface area contributed by atoms with Crippen LogP contribution in [0, 0.1) is 12.8 Å². The Labute approximate surface area is 103 Å². The minimum absolute atomic E-state index is 0.820. The van der Waals surface area contributed by atoms with E-state index in [1.54, 1.807) is 0 Å². The number of aryl methyl sites for hydroxylation is 1. The van der Waals surface area contributed by atoms with Crippen LogP contribution in [0.5, 0.6) is 0 Å². The van der Waals surface area contributed by atoms with Crippen LogP contribution < -0.4 is 5.32 Å². The van der Waals surface area contributed by atoms with Gasteiger partial charge < -0.3 is 14.8 Å². The van der Waals surface area contributed by atoms with E-state index in [0.29, 0.717) is 0 Å². The summed E-state index contributed by atoms with van der Waals surface area (Å²) in [6, 6.07) is 0. The van der Waals surface area contributed by atoms with Crippen LogP contribution in [-0.2, 0) is 13.6 Å². The monoisotopic (exact) mass is 237 g/mol. The highest BCUT2D eigenvalue weighted by molar-refractivity contribution is 4.92. The van der Waals surface area contributed by atoms with Crippen LogP contribution in [0.3, 0.4) is 0 Å². The molecular formula is C12H23N5. The molecule has 96 valence electrons. The second-order valence-electron chi connectivity index (χ2n) is 5.10. The third-order valence-corrected chi connectivity index (χ3v) is 3.74. The minimum atomic E-state index is 0.820. The molecule has 2 heterocycles. The topological polar surface area (TPSA) is 46.0 Å². The second-order valence-corrected chi connectivity index (χ2v) is 5.10. The Bertz CT molecular complexity index is 352. The molecule has 17 heavy (non-hydrogen) atoms. The van der Waals surface area contributed by atoms with E-state index in [-0.39, 0.29) is 0 Å². The molecule has 1 aromatic heterocycles. The number of rotatable bonds is 4. The summed E-state index contributed by atoms with van der Waals surface area (Å²) < 4.78 is 2.04. The van der Waals surface area contributed by atoms with Gasteiger partial charge in [0, 0.05) is 7.05 Å². The molecule has 1 N–H and O–H groups in total. The van der Waals surface area contributed by atoms with Gasteiger partial charge in [-0.1, -0.05) is 0 Å². The first-order valence-electron chi connectivity index (χ1n) is 6.41. The number of hydrogen-bond acceptors (Lipinski definition) is 4. The lowest BCUT2D eigenvalue weighted by atomic mass is 9.97. The average Bonchev–Trinajstić information content (AvgIpc) is 2.64. The molecule has 1 aliphatic heterocycles. The highest BCUT2D eigenvalue weighted by Crippen LogP contribution is 2.14. The SMILES string of the molecule is Cc1nnc(CNCC2CCN(C)CC2)n1C. The largest absolute Gasteiger partial charge is 0.317 e. The lowest BCUT2D eigenvalue weighted by molar-refractivity contribution is 0.215. The maximum absolute atomic E-state index is 4.15. The Morgan fingerprint density at radius 3 is 2.53 bits per heavy atom. The molecule has 0 aliphatic carbocycles. The zero-order valence-corrected chi connectivity index (χ0v) is 11.1. The molecule has 1 aliphatic rings. The van der Waals surface area contributed by atoms with Gasteiger partial charge in [0.1, 0.15) is 11.6 Å². The summed E-state index contributed by atoms with van der Waals surface area (Å²) in [6.45, 7) is 6.36. The maximum Gasteiger partial charge on any atom is 0.146 e. The van der Waals surface area contributed by atoms with Gasteiger partial charge in [-0.25, -0.2) is 0 Å². The highest BCUT2D eigenvalue weighted by Gasteiger charge is 2.16. The molecule has 5 nitrogen and oxygen atoms in total. The molecule has 0 bridgehead atoms. The third-order valence-electron chi connectivity index (χ3n) is 3.74. The number of nitrogens with one attached hydrogen (secondary N) is 1. The summed E-state index contributed by atoms with van der Waals surface area (Å²) >= 11 is 0. The minimum Gasteiger partial charge on any atom is -0.317 e. The number of piperidine rings is 1. The maximum atomic E-state index is 4.15. The van der Waals surface area contributed by atoms with Crippen LogP contribution >= 0.6 is 0 Å². The van der Waals surface area contributed by atoms with Crippen molar-refractivity contribution in [3.63, 3.8) is 0 Å². The van der Waals surface area contributed by atoms with E-state index in [9.17, 15) is 0 Å². The lowest BCUT2D eigenvalue weighted by Crippen LogP contribution is -2.35. The number of hydrogen-bond donors (Lipinski definition) is 1. The van der Waals surface area contributed by atoms with Gasteiger partial charge in [-0.15, -0.1) is 10.2 Å². The van der Waals surface area contributed by atoms with Crippen LogP contribution in [0.1, 0.15) is 24.5 Å². The molecule has 1 saturated heterocycles. The fourth-order valence-electron chi connectivity index (χ4n) is 2.26. The first-order chi connectivity index (χ1) is 8.16. The normalized spacial score (nSPS) is 18.8. The second kappa shape index (κ2) is 5.60. The molecule has 0 radical (unpaired) electrons. The molecular weight excluding hydrogens is 214 g/mol. The summed E-state index contributed by atoms with van der Waals surface area (Å²) in [5, 5.41) is 11.7. The molecule has 1 fully saturated rings. The summed E-state index contributed by atoms with van der Waals surface area (Å²) in [5.41, 5.74) is 0. The summed E-state index contributed by atoms with van der Waals surface area (Å²) in [4.78, 5) is 2.41. The van der Waals surface area contributed by atoms with Gasteiger partial charge in [-0.2, -0.15) is 0 Å². The van der Waals surface area contributed by atoms with Crippen molar-refractivity contribution in [1.29, 1.82) is 0 Å². The van der Waals surface area contributed by atoms with Crippen molar-refractivity contribution in [2.24, 2.45) is 13.0 Å². The van der Waals surface area contributed by atoms with Gasteiger partial charge in [-0.3, -0.25) is 0 Å². The van der Waals surface area contributed by atoms with Crippen LogP contribution in [0.2, 0.25) is 0 Å². The summed E-state index contributed by atoms with van der Waals surface area (Å²) in [6.07, 6.45) is 2.61. The number of likely N-dealkylation sites (tertiary alicyclic amines) is 1. The molecule has 0 spiro atoms. The zero-order valence-electron chi connectivity index (χ0n) is 11.1. The first-order valence-corrected chi connectivity index (χ1v) is 6.41. The molecule has 5 heteroatoms. The van der Waals surface area contributed by atoms with Crippen molar-refractivity contribution in [3.8, 4) is 0 Å². The molecule has 1 aromatic rings. The Kier molecular flexibility index (Phi) is 4.12. The molecule has 0 saturated carbocycles. The van der Waals surface area contributed by atoms with Gasteiger partial charge >= 0.3 is 0 Å². The van der Waals surface area contributed by atoms with Crippen molar-refractivity contribution in [1.82, 2.24) is 25.0 Å². The van der Waals surface area contributed by atoms with E-state index >= 15 is 0 Å². The van der Waals surface area contributed by atoms with E-state index < -0.39 is 0 Å². The van der Waals surface area contributed by atoms with Gasteiger partial charge in [0.15, 0.2) is 0 Å². The van der Waals surface area contributed by atoms with Crippen molar-refractivity contribution in [2.75, 3.05) is 26.7 Å². The van der Waals surface area contributed by atoms with Crippen molar-refractivity contribution < 1.29 is 0 Å². The fourth-order valence-corrected chi connectivity index (χ4v) is 2.26. The Balaban J connectivity index is 1.71. The summed E-state index contributed by atoms with van der Waals surface area (Å²) in [7, 11) is 4.22. The molecule has 0 aromatic carbocycles. The molecule has 2 rings (SSSR count). The Hall–Kier alpha value is -0.940. The van der Waals surface area contributed by atoms with Crippen molar-refractivity contribution in [2.45, 2.75) is 26.3 Å². The summed E-state index contributed by atoms with van der Waals surface area (Å²) in [5.74, 6) is 2.82. The van der Waals surface area contributed by atoms with E-state index in [4.69, 9.17) is 0 Å². The Morgan fingerprint density at radius 1 is 1.24 bits per heavy atom. The van der Waals surface area contributed by atoms with Crippen molar-refractivity contribution >= 4 is 0 Å². The highest BCUT2D eigenvalue weighted by atomic mass is 15.3. The zero-order chi connectivity index (χ0) is 12.3. The van der Waals surface area contributed by atoms with Gasteiger partial charge in [-0.05, 0) is 52.4 Å². The lowest BCUT2D eigenvalue weighted by Gasteiger charge is -2.28. The van der Waals surface area contributed by atoms with E-state index in [1.807, 2.05) is 18.5 Å². The quantitative estimate of drug-likeness (QED) is 0.831. The number of nitrogens with zero attached hydrogens (tertiary/aromatic N) is 4. The first kappa shape index (κ1) is 12.5. The van der Waals surface area contributed by atoms with Gasteiger partial charge in [0.05, 0.1) is 6.54 Å². The number of aromatic nitrogens is 3. The smallest absolute Gasteiger partial charge is 0.146 e. The van der Waals surface area contributed by atoms with Crippen LogP contribution in [0.4, 0.5) is 0 Å². The van der Waals surface area contributed by atoms with E-state index in [1.165, 1.54) is 25.9 Å². The van der Waals surface area contributed by atoms with E-state index in [0.717, 1.165) is 30.7 Å². The van der Waals surface area contributed by atoms with Crippen LogP contribution in [0.25, 0.3) is 0 Å². The average molecular weight is 237 g/mol. The predicted octanol–water partition coefficient (Wildman–Crippen LogP) is 0.555. The predicted molar refractivity (Wildman–Crippen MR) is 67.7 cm³/mol. The van der Waals surface area contributed by atoms with Crippen LogP contribution in [0.15, 0.2) is 0 Å². The van der Waals surface area contributed by atoms with E-state index in [2.05, 4.69) is 27.5 Å². The Morgan fingerprint density at radius 2 is 1.94 bits per heavy atom. The molecule has 0 amide bonds. The third kappa shape index (κ3) is 3.26. The standard InChI is InChI=1S/C12H23N5/c1-10-14-15-12(17(10)3)9-13-8-11-4-6-16(2)7-5-11/h11,13H,4-9H2,1-3H3. The fraction of sp³-hybridized carbons (Fsp3) is 0.833. The molecule has 0 unspecified atom stereocenters. The van der Waals surface area contributed by atoms with Crippen LogP contribution in [-0.4, -0.2) is 46.3 Å².